The fourth-order valence-electron chi connectivity index (χ4n) is 4.82. The average Bonchev–Trinajstić information content (AvgIpc) is 3.24. The first-order valence-corrected chi connectivity index (χ1v) is 10.8. The molecule has 4 nitrogen and oxygen atoms in total. The quantitative estimate of drug-likeness (QED) is 0.659. The van der Waals surface area contributed by atoms with Crippen molar-refractivity contribution in [3.05, 3.63) is 95.3 Å². The number of benzene rings is 3. The molecule has 1 saturated heterocycles. The zero-order valence-electron chi connectivity index (χ0n) is 17.7. The van der Waals surface area contributed by atoms with E-state index in [1.807, 2.05) is 24.3 Å². The second-order valence-electron chi connectivity index (χ2n) is 8.69. The van der Waals surface area contributed by atoms with Gasteiger partial charge in [-0.15, -0.1) is 0 Å². The minimum Gasteiger partial charge on any atom is -0.454 e. The van der Waals surface area contributed by atoms with Crippen LogP contribution in [0.3, 0.4) is 0 Å². The summed E-state index contributed by atoms with van der Waals surface area (Å²) in [5, 5.41) is 3.73. The van der Waals surface area contributed by atoms with Crippen LogP contribution in [0.5, 0.6) is 11.5 Å². The molecule has 31 heavy (non-hydrogen) atoms. The van der Waals surface area contributed by atoms with E-state index in [1.54, 1.807) is 12.1 Å². The van der Waals surface area contributed by atoms with Crippen LogP contribution in [0.15, 0.2) is 72.8 Å². The van der Waals surface area contributed by atoms with Gasteiger partial charge in [-0.05, 0) is 54.3 Å². The Kier molecular flexibility index (Phi) is 5.38. The molecule has 0 aromatic heterocycles. The zero-order chi connectivity index (χ0) is 21.3. The SMILES string of the molecule is CC1(Cc2ccc3c(c2)OCO3)CN(C(c2ccccc2)c2ccc(F)cc2)CCN1. The Balaban J connectivity index is 1.41. The van der Waals surface area contributed by atoms with Crippen LogP contribution in [-0.4, -0.2) is 36.9 Å². The van der Waals surface area contributed by atoms with Crippen LogP contribution >= 0.6 is 0 Å². The highest BCUT2D eigenvalue weighted by atomic mass is 19.1. The van der Waals surface area contributed by atoms with Crippen molar-refractivity contribution >= 4 is 0 Å². The molecular weight excluding hydrogens is 391 g/mol. The Morgan fingerprint density at radius 1 is 0.968 bits per heavy atom. The lowest BCUT2D eigenvalue weighted by atomic mass is 9.88. The van der Waals surface area contributed by atoms with E-state index < -0.39 is 0 Å². The molecule has 3 aromatic rings. The van der Waals surface area contributed by atoms with Crippen molar-refractivity contribution in [3.8, 4) is 11.5 Å². The fraction of sp³-hybridized carbons (Fsp3) is 0.308. The molecule has 160 valence electrons. The van der Waals surface area contributed by atoms with E-state index in [9.17, 15) is 4.39 Å². The van der Waals surface area contributed by atoms with Gasteiger partial charge in [0.25, 0.3) is 0 Å². The molecule has 0 spiro atoms. The molecule has 3 aromatic carbocycles. The van der Waals surface area contributed by atoms with Gasteiger partial charge < -0.3 is 14.8 Å². The van der Waals surface area contributed by atoms with Gasteiger partial charge in [-0.2, -0.15) is 0 Å². The summed E-state index contributed by atoms with van der Waals surface area (Å²) in [6.07, 6.45) is 0.880. The first-order chi connectivity index (χ1) is 15.1. The first-order valence-electron chi connectivity index (χ1n) is 10.8. The van der Waals surface area contributed by atoms with E-state index in [1.165, 1.54) is 11.1 Å². The topological polar surface area (TPSA) is 33.7 Å². The van der Waals surface area contributed by atoms with Crippen LogP contribution < -0.4 is 14.8 Å². The zero-order valence-corrected chi connectivity index (χ0v) is 17.7. The highest BCUT2D eigenvalue weighted by Crippen LogP contribution is 2.35. The number of halogens is 1. The Hall–Kier alpha value is -2.89. The minimum absolute atomic E-state index is 0.0833. The van der Waals surface area contributed by atoms with E-state index in [0.717, 1.165) is 43.1 Å². The molecule has 0 amide bonds. The summed E-state index contributed by atoms with van der Waals surface area (Å²) in [6, 6.07) is 23.7. The third kappa shape index (κ3) is 4.29. The lowest BCUT2D eigenvalue weighted by molar-refractivity contribution is 0.115. The van der Waals surface area contributed by atoms with Crippen LogP contribution in [-0.2, 0) is 6.42 Å². The summed E-state index contributed by atoms with van der Waals surface area (Å²) in [4.78, 5) is 2.51. The molecule has 1 N–H and O–H groups in total. The predicted octanol–water partition coefficient (Wildman–Crippen LogP) is 4.55. The summed E-state index contributed by atoms with van der Waals surface area (Å²) in [7, 11) is 0. The number of hydrogen-bond acceptors (Lipinski definition) is 4. The van der Waals surface area contributed by atoms with Crippen molar-refractivity contribution in [2.45, 2.75) is 24.9 Å². The van der Waals surface area contributed by atoms with Crippen molar-refractivity contribution in [2.24, 2.45) is 0 Å². The molecule has 2 aliphatic rings. The monoisotopic (exact) mass is 418 g/mol. The molecule has 5 rings (SSSR count). The van der Waals surface area contributed by atoms with Gasteiger partial charge in [0.05, 0.1) is 6.04 Å². The van der Waals surface area contributed by atoms with Crippen molar-refractivity contribution in [2.75, 3.05) is 26.4 Å². The molecule has 2 atom stereocenters. The number of fused-ring (bicyclic) bond motifs is 1. The smallest absolute Gasteiger partial charge is 0.231 e. The lowest BCUT2D eigenvalue weighted by Crippen LogP contribution is -2.60. The van der Waals surface area contributed by atoms with Gasteiger partial charge in [0, 0.05) is 25.2 Å². The van der Waals surface area contributed by atoms with Crippen LogP contribution in [0.1, 0.15) is 29.7 Å². The fourth-order valence-corrected chi connectivity index (χ4v) is 4.82. The number of piperazine rings is 1. The summed E-state index contributed by atoms with van der Waals surface area (Å²) < 4.78 is 24.6. The maximum atomic E-state index is 13.6. The second-order valence-corrected chi connectivity index (χ2v) is 8.69. The highest BCUT2D eigenvalue weighted by Gasteiger charge is 2.35. The Morgan fingerprint density at radius 2 is 1.71 bits per heavy atom. The Labute approximate surface area is 182 Å². The van der Waals surface area contributed by atoms with Gasteiger partial charge in [0.1, 0.15) is 5.82 Å². The van der Waals surface area contributed by atoms with Crippen molar-refractivity contribution in [1.29, 1.82) is 0 Å². The molecule has 0 aliphatic carbocycles. The minimum atomic E-state index is -0.205. The second kappa shape index (κ2) is 8.33. The summed E-state index contributed by atoms with van der Waals surface area (Å²) in [6.45, 7) is 5.26. The Bertz CT molecular complexity index is 1040. The van der Waals surface area contributed by atoms with Crippen LogP contribution in [0.2, 0.25) is 0 Å². The third-order valence-corrected chi connectivity index (χ3v) is 6.20. The third-order valence-electron chi connectivity index (χ3n) is 6.20. The standard InChI is InChI=1S/C26H27FN2O2/c1-26(16-19-7-12-23-24(15-19)31-18-30-23)17-29(14-13-28-26)25(20-5-3-2-4-6-20)21-8-10-22(27)11-9-21/h2-12,15,25,28H,13-14,16-18H2,1H3. The molecule has 1 fully saturated rings. The number of rotatable bonds is 5. The van der Waals surface area contributed by atoms with Gasteiger partial charge in [0.2, 0.25) is 6.79 Å². The maximum absolute atomic E-state index is 13.6. The maximum Gasteiger partial charge on any atom is 0.231 e. The molecule has 2 heterocycles. The van der Waals surface area contributed by atoms with Gasteiger partial charge in [0.15, 0.2) is 11.5 Å². The summed E-state index contributed by atoms with van der Waals surface area (Å²) in [5.74, 6) is 1.43. The molecule has 0 bridgehead atoms. The molecule has 2 aliphatic heterocycles. The summed E-state index contributed by atoms with van der Waals surface area (Å²) >= 11 is 0. The number of nitrogens with zero attached hydrogens (tertiary/aromatic N) is 1. The van der Waals surface area contributed by atoms with E-state index in [4.69, 9.17) is 9.47 Å². The van der Waals surface area contributed by atoms with Crippen LogP contribution in [0.25, 0.3) is 0 Å². The van der Waals surface area contributed by atoms with E-state index in [0.29, 0.717) is 6.79 Å². The van der Waals surface area contributed by atoms with Crippen molar-refractivity contribution in [1.82, 2.24) is 10.2 Å². The van der Waals surface area contributed by atoms with Gasteiger partial charge >= 0.3 is 0 Å². The Morgan fingerprint density at radius 3 is 2.52 bits per heavy atom. The molecule has 5 heteroatoms. The van der Waals surface area contributed by atoms with Crippen LogP contribution in [0, 0.1) is 5.82 Å². The number of hydrogen-bond donors (Lipinski definition) is 1. The predicted molar refractivity (Wildman–Crippen MR) is 119 cm³/mol. The lowest BCUT2D eigenvalue weighted by Gasteiger charge is -2.45. The first kappa shape index (κ1) is 20.0. The van der Waals surface area contributed by atoms with Crippen molar-refractivity contribution in [3.63, 3.8) is 0 Å². The molecular formula is C26H27FN2O2. The van der Waals surface area contributed by atoms with E-state index in [-0.39, 0.29) is 17.4 Å². The van der Waals surface area contributed by atoms with Crippen molar-refractivity contribution < 1.29 is 13.9 Å². The average molecular weight is 419 g/mol. The van der Waals surface area contributed by atoms with E-state index in [2.05, 4.69) is 53.5 Å². The largest absolute Gasteiger partial charge is 0.454 e. The highest BCUT2D eigenvalue weighted by molar-refractivity contribution is 5.45. The molecule has 0 radical (unpaired) electrons. The normalized spacial score (nSPS) is 21.7. The molecule has 2 unspecified atom stereocenters. The van der Waals surface area contributed by atoms with Gasteiger partial charge in [-0.1, -0.05) is 48.5 Å². The van der Waals surface area contributed by atoms with Gasteiger partial charge in [-0.3, -0.25) is 4.90 Å². The van der Waals surface area contributed by atoms with E-state index >= 15 is 0 Å². The molecule has 0 saturated carbocycles. The van der Waals surface area contributed by atoms with Crippen LogP contribution in [0.4, 0.5) is 4.39 Å². The number of ether oxygens (including phenoxy) is 2. The van der Waals surface area contributed by atoms with Gasteiger partial charge in [-0.25, -0.2) is 4.39 Å². The number of nitrogens with one attached hydrogen (secondary N) is 1. The summed E-state index contributed by atoms with van der Waals surface area (Å²) in [5.41, 5.74) is 3.46.